The maximum absolute atomic E-state index is 6.69. The molecule has 0 fully saturated rings. The second kappa shape index (κ2) is 1.54. The Kier molecular flexibility index (Phi) is 1.63. The summed E-state index contributed by atoms with van der Waals surface area (Å²) in [6.45, 7) is 3.87. The summed E-state index contributed by atoms with van der Waals surface area (Å²) < 4.78 is 0. The molecule has 0 spiro atoms. The van der Waals surface area contributed by atoms with Gasteiger partial charge in [0.15, 0.2) is 0 Å². The first kappa shape index (κ1) is 4.23. The van der Waals surface area contributed by atoms with E-state index in [4.69, 9.17) is 5.16 Å². The van der Waals surface area contributed by atoms with Gasteiger partial charge in [-0.15, -0.1) is 0 Å². The van der Waals surface area contributed by atoms with Gasteiger partial charge in [0, 0.05) is 0 Å². The van der Waals surface area contributed by atoms with E-state index >= 15 is 0 Å². The summed E-state index contributed by atoms with van der Waals surface area (Å²) in [5.74, 6) is 0. The van der Waals surface area contributed by atoms with Crippen molar-refractivity contribution in [2.45, 2.75) is 0 Å². The van der Waals surface area contributed by atoms with Crippen LogP contribution in [0.5, 0.6) is 0 Å². The highest BCUT2D eigenvalue weighted by molar-refractivity contribution is 7.44. The van der Waals surface area contributed by atoms with Gasteiger partial charge in [-0.05, 0) is 21.0 Å². The highest BCUT2D eigenvalue weighted by Gasteiger charge is 1.52. The number of rotatable bonds is 0. The molecule has 1 nitrogen and oxygen atoms in total. The summed E-state index contributed by atoms with van der Waals surface area (Å²) in [5, 5.41) is 6.69. The van der Waals surface area contributed by atoms with Crippen LogP contribution in [0.2, 0.25) is 0 Å². The molecule has 0 unspecified atom stereocenters. The van der Waals surface area contributed by atoms with Crippen LogP contribution in [0.25, 0.3) is 0 Å². The Labute approximate surface area is 27.3 Å². The van der Waals surface area contributed by atoms with Crippen molar-refractivity contribution in [3.63, 3.8) is 0 Å². The van der Waals surface area contributed by atoms with Gasteiger partial charge in [-0.2, -0.15) is 0 Å². The van der Waals surface area contributed by atoms with Crippen molar-refractivity contribution in [3.8, 4) is 0 Å². The Morgan fingerprint density at radius 2 is 1.50 bits per heavy atom. The number of hydrogen-bond acceptors (Lipinski definition) is 1. The van der Waals surface area contributed by atoms with E-state index in [1.807, 2.05) is 13.3 Å². The fourth-order valence-electron chi connectivity index (χ4n) is 0. The topological polar surface area (TPSA) is 23.9 Å². The lowest BCUT2D eigenvalue weighted by molar-refractivity contribution is 1.62. The molecule has 26 valence electrons. The van der Waals surface area contributed by atoms with Crippen LogP contribution in [0, 0.1) is 5.16 Å². The van der Waals surface area contributed by atoms with Gasteiger partial charge >= 0.3 is 0 Å². The van der Waals surface area contributed by atoms with Crippen LogP contribution >= 0.6 is 7.71 Å². The lowest BCUT2D eigenvalue weighted by Gasteiger charge is -1.65. The van der Waals surface area contributed by atoms with Crippen molar-refractivity contribution < 1.29 is 0 Å². The van der Waals surface area contributed by atoms with Crippen molar-refractivity contribution in [3.05, 3.63) is 0 Å². The minimum Gasteiger partial charge on any atom is -0.322 e. The molecule has 0 aliphatic rings. The molecule has 0 saturated heterocycles. The third kappa shape index (κ3) is 63.8. The molecule has 0 rings (SSSR count). The molecule has 0 saturated carbocycles. The molecule has 0 bridgehead atoms. The van der Waals surface area contributed by atoms with Crippen LogP contribution in [0.4, 0.5) is 0 Å². The Hall–Kier alpha value is 0.230. The molecule has 0 aromatic heterocycles. The van der Waals surface area contributed by atoms with Crippen LogP contribution in [0.3, 0.4) is 0 Å². The zero-order valence-corrected chi connectivity index (χ0v) is 4.00. The predicted molar refractivity (Wildman–Crippen MR) is 22.9 cm³/mol. The molecule has 0 heterocycles. The lowest BCUT2D eigenvalue weighted by atomic mass is 11.9. The Balaban J connectivity index is 2.80. The van der Waals surface area contributed by atoms with Gasteiger partial charge in [0.1, 0.15) is 0 Å². The zero-order valence-electron chi connectivity index (χ0n) is 3.00. The second-order valence-electron chi connectivity index (χ2n) is 1.00. The fraction of sp³-hybridized carbons (Fsp3) is 1.00. The quantitative estimate of drug-likeness (QED) is 0.420. The fourth-order valence-corrected chi connectivity index (χ4v) is 0. The van der Waals surface area contributed by atoms with E-state index in [-0.39, 0.29) is 0 Å². The monoisotopic (exact) mass is 77.0 g/mol. The third-order valence-electron chi connectivity index (χ3n) is 0. The van der Waals surface area contributed by atoms with Crippen LogP contribution in [0.15, 0.2) is 0 Å². The maximum atomic E-state index is 6.69. The van der Waals surface area contributed by atoms with E-state index in [2.05, 4.69) is 0 Å². The minimum atomic E-state index is -0.630. The van der Waals surface area contributed by atoms with E-state index < -0.39 is 7.71 Å². The first-order chi connectivity index (χ1) is 1.73. The van der Waals surface area contributed by atoms with E-state index in [1.54, 1.807) is 0 Å². The SMILES string of the molecule is C[PH](C)=N. The summed E-state index contributed by atoms with van der Waals surface area (Å²) in [4.78, 5) is 0. The van der Waals surface area contributed by atoms with Gasteiger partial charge in [0.05, 0.1) is 0 Å². The Morgan fingerprint density at radius 1 is 1.50 bits per heavy atom. The minimum absolute atomic E-state index is 0.630. The standard InChI is InChI=1S/C2H8NP/c1-4(2)3/h3-4H,1-2H3. The largest absolute Gasteiger partial charge is 0.322 e. The summed E-state index contributed by atoms with van der Waals surface area (Å²) in [6, 6.07) is 0. The van der Waals surface area contributed by atoms with Crippen molar-refractivity contribution in [2.75, 3.05) is 13.3 Å². The molecule has 0 aromatic carbocycles. The number of nitrogens with one attached hydrogen (secondary N) is 1. The molecule has 2 heteroatoms. The summed E-state index contributed by atoms with van der Waals surface area (Å²) in [7, 11) is -0.630. The molecular formula is C2H8NP. The van der Waals surface area contributed by atoms with Crippen LogP contribution in [-0.4, -0.2) is 13.3 Å². The van der Waals surface area contributed by atoms with E-state index in [9.17, 15) is 0 Å². The highest BCUT2D eigenvalue weighted by Crippen LogP contribution is 2.02. The smallest absolute Gasteiger partial charge is 0.0324 e. The van der Waals surface area contributed by atoms with E-state index in [0.29, 0.717) is 0 Å². The maximum Gasteiger partial charge on any atom is -0.0324 e. The molecule has 0 aromatic rings. The van der Waals surface area contributed by atoms with Gasteiger partial charge in [-0.25, -0.2) is 0 Å². The van der Waals surface area contributed by atoms with E-state index in [1.165, 1.54) is 0 Å². The second-order valence-corrected chi connectivity index (χ2v) is 3.00. The predicted octanol–water partition coefficient (Wildman–Crippen LogP) is 1.22. The summed E-state index contributed by atoms with van der Waals surface area (Å²) in [5.41, 5.74) is 0. The average Bonchev–Trinajstić information content (AvgIpc) is 0.811. The summed E-state index contributed by atoms with van der Waals surface area (Å²) in [6.07, 6.45) is 0. The van der Waals surface area contributed by atoms with Gasteiger partial charge in [-0.3, -0.25) is 0 Å². The number of hydrogen-bond donors (Lipinski definition) is 1. The highest BCUT2D eigenvalue weighted by atomic mass is 31.1. The lowest BCUT2D eigenvalue weighted by Crippen LogP contribution is -1.31. The van der Waals surface area contributed by atoms with Gasteiger partial charge in [0.25, 0.3) is 0 Å². The van der Waals surface area contributed by atoms with Gasteiger partial charge < -0.3 is 5.16 Å². The van der Waals surface area contributed by atoms with Gasteiger partial charge in [-0.1, -0.05) is 0 Å². The van der Waals surface area contributed by atoms with Crippen LogP contribution < -0.4 is 0 Å². The molecule has 0 amide bonds. The molecular weight excluding hydrogens is 69.0 g/mol. The molecule has 0 aliphatic carbocycles. The molecule has 1 N–H and O–H groups in total. The Morgan fingerprint density at radius 3 is 1.50 bits per heavy atom. The van der Waals surface area contributed by atoms with E-state index in [0.717, 1.165) is 0 Å². The van der Waals surface area contributed by atoms with Crippen LogP contribution in [-0.2, 0) is 0 Å². The normalized spacial score (nSPS) is 8.75. The van der Waals surface area contributed by atoms with Crippen LogP contribution in [0.1, 0.15) is 0 Å². The van der Waals surface area contributed by atoms with Crippen molar-refractivity contribution in [1.29, 1.82) is 5.16 Å². The average molecular weight is 77.1 g/mol. The third-order valence-corrected chi connectivity index (χ3v) is 0. The first-order valence-corrected chi connectivity index (χ1v) is 3.75. The molecule has 0 atom stereocenters. The summed E-state index contributed by atoms with van der Waals surface area (Å²) >= 11 is 0. The Bertz CT molecular complexity index is 29.0. The molecule has 4 heavy (non-hydrogen) atoms. The molecule has 0 radical (unpaired) electrons. The molecule has 0 aliphatic heterocycles. The van der Waals surface area contributed by atoms with Crippen molar-refractivity contribution in [1.82, 2.24) is 0 Å². The van der Waals surface area contributed by atoms with Crippen molar-refractivity contribution in [2.24, 2.45) is 0 Å². The van der Waals surface area contributed by atoms with Gasteiger partial charge in [0.2, 0.25) is 0 Å². The zero-order chi connectivity index (χ0) is 3.58. The van der Waals surface area contributed by atoms with Crippen molar-refractivity contribution >= 4 is 7.71 Å². The first-order valence-electron chi connectivity index (χ1n) is 1.25.